The molecule has 0 spiro atoms. The molecule has 2 aliphatic rings. The zero-order chi connectivity index (χ0) is 35.5. The molecule has 2 atom stereocenters. The number of carbonyl (C=O) groups excluding carboxylic acids is 3. The summed E-state index contributed by atoms with van der Waals surface area (Å²) in [6, 6.07) is 9.02. The van der Waals surface area contributed by atoms with Gasteiger partial charge in [-0.3, -0.25) is 24.2 Å². The highest BCUT2D eigenvalue weighted by molar-refractivity contribution is 7.89. The van der Waals surface area contributed by atoms with Crippen LogP contribution in [-0.4, -0.2) is 69.3 Å². The zero-order valence-electron chi connectivity index (χ0n) is 26.0. The molecule has 17 heteroatoms. The number of anilines is 2. The summed E-state index contributed by atoms with van der Waals surface area (Å²) in [4.78, 5) is 47.6. The van der Waals surface area contributed by atoms with Gasteiger partial charge in [0.25, 0.3) is 11.8 Å². The van der Waals surface area contributed by atoms with Gasteiger partial charge in [0.2, 0.25) is 21.8 Å². The molecule has 3 aromatic rings. The number of amides is 3. The van der Waals surface area contributed by atoms with E-state index in [1.54, 1.807) is 13.1 Å². The summed E-state index contributed by atoms with van der Waals surface area (Å²) in [6.07, 6.45) is -0.272. The molecule has 49 heavy (non-hydrogen) atoms. The molecule has 5 rings (SSSR count). The van der Waals surface area contributed by atoms with E-state index in [4.69, 9.17) is 11.6 Å². The van der Waals surface area contributed by atoms with Crippen molar-refractivity contribution in [3.8, 4) is 6.07 Å². The Morgan fingerprint density at radius 1 is 1.16 bits per heavy atom. The molecular formula is C32H31ClF3N7O5S. The summed E-state index contributed by atoms with van der Waals surface area (Å²) in [5.41, 5.74) is -0.234. The molecular weight excluding hydrogens is 687 g/mol. The number of sulfonamides is 1. The van der Waals surface area contributed by atoms with Gasteiger partial charge in [0.05, 0.1) is 16.5 Å². The fraction of sp³-hybridized carbons (Fsp3) is 0.344. The van der Waals surface area contributed by atoms with E-state index in [1.807, 2.05) is 6.07 Å². The molecule has 12 nitrogen and oxygen atoms in total. The highest BCUT2D eigenvalue weighted by Gasteiger charge is 2.49. The van der Waals surface area contributed by atoms with E-state index < -0.39 is 81.0 Å². The lowest BCUT2D eigenvalue weighted by Gasteiger charge is -2.39. The van der Waals surface area contributed by atoms with Gasteiger partial charge >= 0.3 is 0 Å². The number of halogens is 4. The Morgan fingerprint density at radius 3 is 2.57 bits per heavy atom. The van der Waals surface area contributed by atoms with Crippen LogP contribution in [0.4, 0.5) is 24.7 Å². The molecule has 2 aromatic carbocycles. The average molecular weight is 718 g/mol. The van der Waals surface area contributed by atoms with Crippen molar-refractivity contribution in [2.45, 2.75) is 54.6 Å². The van der Waals surface area contributed by atoms with E-state index >= 15 is 4.39 Å². The third kappa shape index (κ3) is 7.86. The lowest BCUT2D eigenvalue weighted by atomic mass is 9.87. The van der Waals surface area contributed by atoms with E-state index in [9.17, 15) is 36.8 Å². The van der Waals surface area contributed by atoms with Crippen LogP contribution in [0.1, 0.15) is 42.9 Å². The number of nitrogens with zero attached hydrogens (tertiary/aromatic N) is 4. The Labute approximate surface area is 285 Å². The largest absolute Gasteiger partial charge is 0.351 e. The number of hydrogen-bond donors (Lipinski definition) is 3. The zero-order valence-corrected chi connectivity index (χ0v) is 27.6. The Bertz CT molecular complexity index is 1920. The van der Waals surface area contributed by atoms with Gasteiger partial charge in [-0.05, 0) is 49.9 Å². The van der Waals surface area contributed by atoms with Crippen LogP contribution in [0.15, 0.2) is 65.7 Å². The van der Waals surface area contributed by atoms with Crippen LogP contribution in [0.25, 0.3) is 0 Å². The van der Waals surface area contributed by atoms with Crippen LogP contribution < -0.4 is 25.2 Å². The number of pyridine rings is 1. The number of aromatic nitrogens is 1. The van der Waals surface area contributed by atoms with Crippen LogP contribution >= 0.6 is 11.6 Å². The van der Waals surface area contributed by atoms with Crippen molar-refractivity contribution in [3.63, 3.8) is 0 Å². The van der Waals surface area contributed by atoms with Crippen molar-refractivity contribution in [1.82, 2.24) is 20.3 Å². The molecule has 1 aliphatic heterocycles. The van der Waals surface area contributed by atoms with Crippen LogP contribution in [-0.2, 0) is 24.4 Å². The summed E-state index contributed by atoms with van der Waals surface area (Å²) in [5.74, 6) is -6.56. The molecule has 1 aliphatic carbocycles. The minimum atomic E-state index is -4.35. The number of carbonyl (C=O) groups is 3. The molecule has 1 aromatic heterocycles. The van der Waals surface area contributed by atoms with Crippen LogP contribution in [0.2, 0.25) is 5.02 Å². The lowest BCUT2D eigenvalue weighted by Crippen LogP contribution is -2.56. The first kappa shape index (κ1) is 35.7. The maximum Gasteiger partial charge on any atom is 0.252 e. The van der Waals surface area contributed by atoms with Crippen molar-refractivity contribution < 1.29 is 36.0 Å². The first-order valence-electron chi connectivity index (χ1n) is 15.1. The Kier molecular flexibility index (Phi) is 10.6. The average Bonchev–Trinajstić information content (AvgIpc) is 3.43. The van der Waals surface area contributed by atoms with E-state index in [-0.39, 0.29) is 47.9 Å². The third-order valence-electron chi connectivity index (χ3n) is 8.11. The number of hydrogen-bond acceptors (Lipinski definition) is 8. The van der Waals surface area contributed by atoms with Gasteiger partial charge in [-0.2, -0.15) is 5.26 Å². The highest BCUT2D eigenvalue weighted by Crippen LogP contribution is 2.40. The molecule has 3 N–H and O–H groups in total. The normalized spacial score (nSPS) is 18.0. The quantitative estimate of drug-likeness (QED) is 0.240. The third-order valence-corrected chi connectivity index (χ3v) is 9.90. The van der Waals surface area contributed by atoms with Gasteiger partial charge in [0.1, 0.15) is 23.7 Å². The Balaban J connectivity index is 1.68. The molecule has 1 saturated carbocycles. The number of benzene rings is 2. The molecule has 2 unspecified atom stereocenters. The van der Waals surface area contributed by atoms with Crippen molar-refractivity contribution in [1.29, 1.82) is 5.26 Å². The SMILES string of the molecule is CNCCNS(=O)(=O)c1cc(F)cc(N(C(=O)C2CCC(=O)N2c2cc(C#N)ccn2)C(C(=O)NC2CC(F)(F)C2)c2ccccc2Cl)c1. The topological polar surface area (TPSA) is 165 Å². The number of rotatable bonds is 12. The second kappa shape index (κ2) is 14.5. The second-order valence-corrected chi connectivity index (χ2v) is 13.8. The van der Waals surface area contributed by atoms with Crippen LogP contribution in [0.5, 0.6) is 0 Å². The maximum absolute atomic E-state index is 15.4. The molecule has 0 bridgehead atoms. The molecule has 1 saturated heterocycles. The summed E-state index contributed by atoms with van der Waals surface area (Å²) < 4.78 is 71.7. The first-order chi connectivity index (χ1) is 23.2. The highest BCUT2D eigenvalue weighted by atomic mass is 35.5. The minimum Gasteiger partial charge on any atom is -0.351 e. The molecule has 0 radical (unpaired) electrons. The Morgan fingerprint density at radius 2 is 1.90 bits per heavy atom. The fourth-order valence-corrected chi connectivity index (χ4v) is 7.08. The second-order valence-electron chi connectivity index (χ2n) is 11.6. The van der Waals surface area contributed by atoms with Crippen molar-refractivity contribution in [2.24, 2.45) is 0 Å². The summed E-state index contributed by atoms with van der Waals surface area (Å²) in [7, 11) is -2.75. The van der Waals surface area contributed by atoms with Crippen LogP contribution in [0.3, 0.4) is 0 Å². The predicted octanol–water partition coefficient (Wildman–Crippen LogP) is 3.43. The van der Waals surface area contributed by atoms with Gasteiger partial charge in [0, 0.05) is 60.9 Å². The van der Waals surface area contributed by atoms with E-state index in [0.717, 1.165) is 28.0 Å². The van der Waals surface area contributed by atoms with Gasteiger partial charge < -0.3 is 10.6 Å². The monoisotopic (exact) mass is 717 g/mol. The minimum absolute atomic E-state index is 0.0138. The van der Waals surface area contributed by atoms with Gasteiger partial charge in [-0.1, -0.05) is 29.8 Å². The fourth-order valence-electron chi connectivity index (χ4n) is 5.76. The standard InChI is InChI=1S/C32H31ClF3N7O5S/c1-38-10-11-40-49(47,48)23-14-20(34)13-22(15-23)42(31(46)26-6-7-28(44)43(26)27-12-19(18-37)8-9-39-27)29(24-4-2-3-5-25(24)33)30(45)41-21-16-32(35,36)17-21/h2-5,8-9,12-15,21,26,29,38,40H,6-7,10-11,16-17H2,1H3,(H,41,45). The summed E-state index contributed by atoms with van der Waals surface area (Å²) in [5, 5.41) is 14.7. The van der Waals surface area contributed by atoms with Gasteiger partial charge in [-0.15, -0.1) is 0 Å². The van der Waals surface area contributed by atoms with Gasteiger partial charge in [-0.25, -0.2) is 31.3 Å². The molecule has 258 valence electrons. The van der Waals surface area contributed by atoms with Crippen molar-refractivity contribution in [2.75, 3.05) is 29.9 Å². The van der Waals surface area contributed by atoms with E-state index in [2.05, 4.69) is 20.3 Å². The molecule has 3 amide bonds. The predicted molar refractivity (Wildman–Crippen MR) is 173 cm³/mol. The van der Waals surface area contributed by atoms with E-state index in [1.165, 1.54) is 36.5 Å². The van der Waals surface area contributed by atoms with Crippen LogP contribution in [0, 0.1) is 17.1 Å². The summed E-state index contributed by atoms with van der Waals surface area (Å²) in [6.45, 7) is 0.186. The lowest BCUT2D eigenvalue weighted by molar-refractivity contribution is -0.133. The number of nitrogens with one attached hydrogen (secondary N) is 3. The summed E-state index contributed by atoms with van der Waals surface area (Å²) >= 11 is 6.55. The smallest absolute Gasteiger partial charge is 0.252 e. The van der Waals surface area contributed by atoms with Crippen molar-refractivity contribution in [3.05, 3.63) is 82.8 Å². The Hall–Kier alpha value is -4.56. The first-order valence-corrected chi connectivity index (χ1v) is 17.0. The van der Waals surface area contributed by atoms with E-state index in [0.29, 0.717) is 0 Å². The number of likely N-dealkylation sites (N-methyl/N-ethyl adjacent to an activating group) is 1. The molecule has 2 fully saturated rings. The molecule has 2 heterocycles. The van der Waals surface area contributed by atoms with Gasteiger partial charge in [0.15, 0.2) is 0 Å². The number of alkyl halides is 2. The van der Waals surface area contributed by atoms with Crippen molar-refractivity contribution >= 4 is 50.9 Å². The maximum atomic E-state index is 15.4. The number of nitriles is 1.